The van der Waals surface area contributed by atoms with E-state index in [2.05, 4.69) is 17.1 Å². The molecule has 3 heteroatoms. The Balaban J connectivity index is 1.71. The molecule has 0 aromatic rings. The summed E-state index contributed by atoms with van der Waals surface area (Å²) in [6, 6.07) is 0.769. The SMILES string of the molecule is CCNCC1CCCCN1CCC1CCCO1. The minimum absolute atomic E-state index is 0.553. The summed E-state index contributed by atoms with van der Waals surface area (Å²) in [7, 11) is 0. The van der Waals surface area contributed by atoms with E-state index < -0.39 is 0 Å². The Morgan fingerprint density at radius 2 is 2.18 bits per heavy atom. The average Bonchev–Trinajstić information content (AvgIpc) is 2.88. The van der Waals surface area contributed by atoms with Gasteiger partial charge >= 0.3 is 0 Å². The first-order valence-electron chi connectivity index (χ1n) is 7.46. The van der Waals surface area contributed by atoms with Crippen LogP contribution < -0.4 is 5.32 Å². The van der Waals surface area contributed by atoms with Crippen molar-refractivity contribution in [1.29, 1.82) is 0 Å². The lowest BCUT2D eigenvalue weighted by molar-refractivity contribution is 0.0752. The lowest BCUT2D eigenvalue weighted by Gasteiger charge is -2.36. The van der Waals surface area contributed by atoms with Crippen molar-refractivity contribution in [3.05, 3.63) is 0 Å². The molecule has 0 saturated carbocycles. The molecule has 0 aromatic carbocycles. The lowest BCUT2D eigenvalue weighted by Crippen LogP contribution is -2.46. The summed E-state index contributed by atoms with van der Waals surface area (Å²) in [5, 5.41) is 3.50. The predicted molar refractivity (Wildman–Crippen MR) is 71.3 cm³/mol. The van der Waals surface area contributed by atoms with Crippen molar-refractivity contribution in [2.45, 2.75) is 57.6 Å². The Hall–Kier alpha value is -0.120. The molecule has 2 unspecified atom stereocenters. The first-order valence-corrected chi connectivity index (χ1v) is 7.46. The van der Waals surface area contributed by atoms with E-state index in [1.165, 1.54) is 58.2 Å². The van der Waals surface area contributed by atoms with Crippen molar-refractivity contribution >= 4 is 0 Å². The molecule has 17 heavy (non-hydrogen) atoms. The van der Waals surface area contributed by atoms with Gasteiger partial charge in [0.15, 0.2) is 0 Å². The van der Waals surface area contributed by atoms with Gasteiger partial charge in [-0.05, 0) is 45.2 Å². The van der Waals surface area contributed by atoms with Crippen LogP contribution in [-0.2, 0) is 4.74 Å². The quantitative estimate of drug-likeness (QED) is 0.769. The molecular weight excluding hydrogens is 212 g/mol. The van der Waals surface area contributed by atoms with E-state index in [1.807, 2.05) is 0 Å². The summed E-state index contributed by atoms with van der Waals surface area (Å²) in [5.41, 5.74) is 0. The largest absolute Gasteiger partial charge is 0.378 e. The molecule has 100 valence electrons. The van der Waals surface area contributed by atoms with Gasteiger partial charge in [-0.15, -0.1) is 0 Å². The van der Waals surface area contributed by atoms with Crippen LogP contribution in [-0.4, -0.2) is 49.8 Å². The summed E-state index contributed by atoms with van der Waals surface area (Å²) in [6.07, 6.45) is 8.51. The van der Waals surface area contributed by atoms with Crippen LogP contribution in [0.2, 0.25) is 0 Å². The molecule has 0 radical (unpaired) electrons. The molecule has 0 amide bonds. The maximum Gasteiger partial charge on any atom is 0.0588 e. The third-order valence-corrected chi connectivity index (χ3v) is 4.14. The molecule has 0 aromatic heterocycles. The Bertz CT molecular complexity index is 204. The minimum atomic E-state index is 0.553. The van der Waals surface area contributed by atoms with Gasteiger partial charge in [-0.1, -0.05) is 13.3 Å². The molecule has 2 heterocycles. The summed E-state index contributed by atoms with van der Waals surface area (Å²) in [6.45, 7) is 7.98. The van der Waals surface area contributed by atoms with Crippen molar-refractivity contribution in [1.82, 2.24) is 10.2 Å². The van der Waals surface area contributed by atoms with Crippen molar-refractivity contribution < 1.29 is 4.74 Å². The molecule has 0 bridgehead atoms. The standard InChI is InChI=1S/C14H28N2O/c1-2-15-12-13-6-3-4-9-16(13)10-8-14-7-5-11-17-14/h13-15H,2-12H2,1H3. The van der Waals surface area contributed by atoms with Crippen molar-refractivity contribution in [3.63, 3.8) is 0 Å². The Kier molecular flexibility index (Phi) is 5.75. The van der Waals surface area contributed by atoms with Gasteiger partial charge < -0.3 is 10.1 Å². The van der Waals surface area contributed by atoms with E-state index in [-0.39, 0.29) is 0 Å². The normalized spacial score (nSPS) is 30.9. The van der Waals surface area contributed by atoms with Gasteiger partial charge in [-0.2, -0.15) is 0 Å². The number of likely N-dealkylation sites (N-methyl/N-ethyl adjacent to an activating group) is 1. The summed E-state index contributed by atoms with van der Waals surface area (Å²) < 4.78 is 5.72. The smallest absolute Gasteiger partial charge is 0.0588 e. The Labute approximate surface area is 106 Å². The van der Waals surface area contributed by atoms with E-state index in [9.17, 15) is 0 Å². The second-order valence-electron chi connectivity index (χ2n) is 5.42. The molecule has 3 nitrogen and oxygen atoms in total. The number of nitrogens with zero attached hydrogens (tertiary/aromatic N) is 1. The third kappa shape index (κ3) is 4.23. The lowest BCUT2D eigenvalue weighted by atomic mass is 10.0. The second-order valence-corrected chi connectivity index (χ2v) is 5.42. The van der Waals surface area contributed by atoms with Gasteiger partial charge in [0, 0.05) is 25.7 Å². The van der Waals surface area contributed by atoms with Crippen molar-refractivity contribution in [2.24, 2.45) is 0 Å². The number of nitrogens with one attached hydrogen (secondary N) is 1. The van der Waals surface area contributed by atoms with E-state index in [0.29, 0.717) is 6.10 Å². The fraction of sp³-hybridized carbons (Fsp3) is 1.00. The number of ether oxygens (including phenoxy) is 1. The van der Waals surface area contributed by atoms with Gasteiger partial charge in [0.2, 0.25) is 0 Å². The van der Waals surface area contributed by atoms with Gasteiger partial charge in [0.25, 0.3) is 0 Å². The maximum absolute atomic E-state index is 5.72. The molecule has 1 N–H and O–H groups in total. The third-order valence-electron chi connectivity index (χ3n) is 4.14. The highest BCUT2D eigenvalue weighted by atomic mass is 16.5. The molecule has 0 aliphatic carbocycles. The zero-order valence-corrected chi connectivity index (χ0v) is 11.3. The van der Waals surface area contributed by atoms with Crippen molar-refractivity contribution in [2.75, 3.05) is 32.8 Å². The number of rotatable bonds is 6. The number of likely N-dealkylation sites (tertiary alicyclic amines) is 1. The fourth-order valence-electron chi connectivity index (χ4n) is 3.08. The van der Waals surface area contributed by atoms with Crippen LogP contribution in [0.1, 0.15) is 45.4 Å². The Morgan fingerprint density at radius 1 is 1.24 bits per heavy atom. The second kappa shape index (κ2) is 7.34. The molecule has 2 saturated heterocycles. The average molecular weight is 240 g/mol. The van der Waals surface area contributed by atoms with Crippen LogP contribution in [0.5, 0.6) is 0 Å². The van der Waals surface area contributed by atoms with Gasteiger partial charge in [0.05, 0.1) is 6.10 Å². The van der Waals surface area contributed by atoms with Crippen LogP contribution in [0.4, 0.5) is 0 Å². The van der Waals surface area contributed by atoms with E-state index in [1.54, 1.807) is 0 Å². The Morgan fingerprint density at radius 3 is 2.94 bits per heavy atom. The first-order chi connectivity index (χ1) is 8.40. The number of hydrogen-bond acceptors (Lipinski definition) is 3. The van der Waals surface area contributed by atoms with Crippen LogP contribution in [0.15, 0.2) is 0 Å². The number of piperidine rings is 1. The monoisotopic (exact) mass is 240 g/mol. The highest BCUT2D eigenvalue weighted by Gasteiger charge is 2.23. The highest BCUT2D eigenvalue weighted by molar-refractivity contribution is 4.80. The van der Waals surface area contributed by atoms with Crippen molar-refractivity contribution in [3.8, 4) is 0 Å². The minimum Gasteiger partial charge on any atom is -0.378 e. The highest BCUT2D eigenvalue weighted by Crippen LogP contribution is 2.20. The van der Waals surface area contributed by atoms with Crippen LogP contribution >= 0.6 is 0 Å². The number of hydrogen-bond donors (Lipinski definition) is 1. The first kappa shape index (κ1) is 13.3. The van der Waals surface area contributed by atoms with E-state index in [4.69, 9.17) is 4.74 Å². The van der Waals surface area contributed by atoms with E-state index in [0.717, 1.165) is 19.2 Å². The van der Waals surface area contributed by atoms with E-state index >= 15 is 0 Å². The van der Waals surface area contributed by atoms with Gasteiger partial charge in [-0.3, -0.25) is 4.90 Å². The fourth-order valence-corrected chi connectivity index (χ4v) is 3.08. The zero-order chi connectivity index (χ0) is 11.9. The molecular formula is C14H28N2O. The van der Waals surface area contributed by atoms with Gasteiger partial charge in [-0.25, -0.2) is 0 Å². The zero-order valence-electron chi connectivity index (χ0n) is 11.3. The molecule has 2 aliphatic rings. The van der Waals surface area contributed by atoms with Crippen LogP contribution in [0.25, 0.3) is 0 Å². The molecule has 2 fully saturated rings. The molecule has 0 spiro atoms. The van der Waals surface area contributed by atoms with Crippen LogP contribution in [0.3, 0.4) is 0 Å². The maximum atomic E-state index is 5.72. The van der Waals surface area contributed by atoms with Crippen LogP contribution in [0, 0.1) is 0 Å². The molecule has 2 atom stereocenters. The molecule has 2 rings (SSSR count). The predicted octanol–water partition coefficient (Wildman–Crippen LogP) is 2.02. The summed E-state index contributed by atoms with van der Waals surface area (Å²) in [5.74, 6) is 0. The summed E-state index contributed by atoms with van der Waals surface area (Å²) in [4.78, 5) is 2.69. The molecule has 2 aliphatic heterocycles. The van der Waals surface area contributed by atoms with Gasteiger partial charge in [0.1, 0.15) is 0 Å². The summed E-state index contributed by atoms with van der Waals surface area (Å²) >= 11 is 0. The topological polar surface area (TPSA) is 24.5 Å².